The van der Waals surface area contributed by atoms with Crippen molar-refractivity contribution in [3.8, 4) is 16.9 Å². The first-order valence-corrected chi connectivity index (χ1v) is 6.27. The summed E-state index contributed by atoms with van der Waals surface area (Å²) in [5.41, 5.74) is 9.33. The Hall–Kier alpha value is -1.32. The Balaban J connectivity index is 2.39. The highest BCUT2D eigenvalue weighted by molar-refractivity contribution is 7.08. The van der Waals surface area contributed by atoms with Gasteiger partial charge in [0.25, 0.3) is 0 Å². The number of ether oxygens (including phenoxy) is 1. The van der Waals surface area contributed by atoms with E-state index >= 15 is 0 Å². The molecule has 3 heteroatoms. The molecule has 16 heavy (non-hydrogen) atoms. The molecule has 0 saturated carbocycles. The van der Waals surface area contributed by atoms with E-state index < -0.39 is 0 Å². The average Bonchev–Trinajstić information content (AvgIpc) is 2.83. The van der Waals surface area contributed by atoms with Gasteiger partial charge in [0.15, 0.2) is 0 Å². The topological polar surface area (TPSA) is 35.2 Å². The number of thiophene rings is 1. The standard InChI is InChI=1S/C13H15NOS/c1-2-15-12-3-4-13(11(7-12)8-14)10-5-6-16-9-10/h3-7,9H,2,8,14H2,1H3. The number of hydrogen-bond acceptors (Lipinski definition) is 3. The lowest BCUT2D eigenvalue weighted by atomic mass is 10.0. The van der Waals surface area contributed by atoms with Crippen LogP contribution < -0.4 is 10.5 Å². The third kappa shape index (κ3) is 2.26. The molecule has 2 nitrogen and oxygen atoms in total. The Morgan fingerprint density at radius 2 is 2.19 bits per heavy atom. The maximum Gasteiger partial charge on any atom is 0.119 e. The monoisotopic (exact) mass is 233 g/mol. The van der Waals surface area contributed by atoms with Crippen LogP contribution in [0.1, 0.15) is 12.5 Å². The minimum absolute atomic E-state index is 0.534. The van der Waals surface area contributed by atoms with Crippen molar-refractivity contribution in [2.75, 3.05) is 6.61 Å². The zero-order valence-electron chi connectivity index (χ0n) is 9.27. The van der Waals surface area contributed by atoms with Gasteiger partial charge in [-0.05, 0) is 52.6 Å². The number of nitrogens with two attached hydrogens (primary N) is 1. The van der Waals surface area contributed by atoms with Crippen molar-refractivity contribution >= 4 is 11.3 Å². The summed E-state index contributed by atoms with van der Waals surface area (Å²) in [6.45, 7) is 3.20. The van der Waals surface area contributed by atoms with Crippen LogP contribution in [-0.2, 0) is 6.54 Å². The van der Waals surface area contributed by atoms with E-state index in [0.29, 0.717) is 13.2 Å². The molecule has 0 aliphatic rings. The van der Waals surface area contributed by atoms with Crippen molar-refractivity contribution in [3.05, 3.63) is 40.6 Å². The molecule has 0 spiro atoms. The summed E-state index contributed by atoms with van der Waals surface area (Å²) in [4.78, 5) is 0. The van der Waals surface area contributed by atoms with Crippen LogP contribution in [0.2, 0.25) is 0 Å². The summed E-state index contributed by atoms with van der Waals surface area (Å²) in [7, 11) is 0. The first kappa shape index (κ1) is 11.2. The molecule has 84 valence electrons. The van der Waals surface area contributed by atoms with E-state index in [1.807, 2.05) is 19.1 Å². The van der Waals surface area contributed by atoms with Gasteiger partial charge in [-0.3, -0.25) is 0 Å². The molecule has 0 saturated heterocycles. The van der Waals surface area contributed by atoms with Crippen LogP contribution in [0.5, 0.6) is 5.75 Å². The van der Waals surface area contributed by atoms with E-state index in [4.69, 9.17) is 10.5 Å². The second-order valence-corrected chi connectivity index (χ2v) is 4.25. The van der Waals surface area contributed by atoms with Gasteiger partial charge in [-0.1, -0.05) is 6.07 Å². The van der Waals surface area contributed by atoms with Crippen molar-refractivity contribution in [1.82, 2.24) is 0 Å². The van der Waals surface area contributed by atoms with Crippen LogP contribution in [0.3, 0.4) is 0 Å². The smallest absolute Gasteiger partial charge is 0.119 e. The highest BCUT2D eigenvalue weighted by Crippen LogP contribution is 2.28. The average molecular weight is 233 g/mol. The fraction of sp³-hybridized carbons (Fsp3) is 0.231. The summed E-state index contributed by atoms with van der Waals surface area (Å²) in [6.07, 6.45) is 0. The quantitative estimate of drug-likeness (QED) is 0.879. The summed E-state index contributed by atoms with van der Waals surface area (Å²) >= 11 is 1.70. The predicted molar refractivity (Wildman–Crippen MR) is 68.8 cm³/mol. The molecule has 0 unspecified atom stereocenters. The van der Waals surface area contributed by atoms with Crippen LogP contribution >= 0.6 is 11.3 Å². The largest absolute Gasteiger partial charge is 0.494 e. The van der Waals surface area contributed by atoms with Gasteiger partial charge in [0.05, 0.1) is 6.61 Å². The minimum atomic E-state index is 0.534. The maximum atomic E-state index is 5.77. The van der Waals surface area contributed by atoms with E-state index in [-0.39, 0.29) is 0 Å². The van der Waals surface area contributed by atoms with Crippen molar-refractivity contribution in [2.24, 2.45) is 5.73 Å². The summed E-state index contributed by atoms with van der Waals surface area (Å²) in [5, 5.41) is 4.21. The Bertz CT molecular complexity index is 451. The van der Waals surface area contributed by atoms with E-state index in [1.165, 1.54) is 11.1 Å². The predicted octanol–water partition coefficient (Wildman–Crippen LogP) is 3.27. The van der Waals surface area contributed by atoms with E-state index in [0.717, 1.165) is 11.3 Å². The van der Waals surface area contributed by atoms with Crippen molar-refractivity contribution < 1.29 is 4.74 Å². The van der Waals surface area contributed by atoms with Crippen LogP contribution in [0.25, 0.3) is 11.1 Å². The molecule has 0 bridgehead atoms. The lowest BCUT2D eigenvalue weighted by molar-refractivity contribution is 0.340. The molecule has 1 aromatic carbocycles. The fourth-order valence-corrected chi connectivity index (χ4v) is 2.35. The van der Waals surface area contributed by atoms with Gasteiger partial charge in [0, 0.05) is 6.54 Å². The van der Waals surface area contributed by atoms with Crippen molar-refractivity contribution in [3.63, 3.8) is 0 Å². The zero-order chi connectivity index (χ0) is 11.4. The Labute approximate surface area is 99.7 Å². The second-order valence-electron chi connectivity index (χ2n) is 3.47. The SMILES string of the molecule is CCOc1ccc(-c2ccsc2)c(CN)c1. The van der Waals surface area contributed by atoms with Gasteiger partial charge < -0.3 is 10.5 Å². The lowest BCUT2D eigenvalue weighted by Crippen LogP contribution is -2.00. The number of hydrogen-bond donors (Lipinski definition) is 1. The zero-order valence-corrected chi connectivity index (χ0v) is 10.1. The van der Waals surface area contributed by atoms with E-state index in [9.17, 15) is 0 Å². The molecule has 0 aliphatic carbocycles. The lowest BCUT2D eigenvalue weighted by Gasteiger charge is -2.09. The third-order valence-corrected chi connectivity index (χ3v) is 3.12. The molecule has 0 amide bonds. The molecule has 2 rings (SSSR count). The van der Waals surface area contributed by atoms with Gasteiger partial charge in [0.1, 0.15) is 5.75 Å². The van der Waals surface area contributed by atoms with E-state index in [2.05, 4.69) is 22.9 Å². The number of rotatable bonds is 4. The molecule has 0 fully saturated rings. The van der Waals surface area contributed by atoms with Crippen LogP contribution in [-0.4, -0.2) is 6.61 Å². The highest BCUT2D eigenvalue weighted by Gasteiger charge is 2.05. The fourth-order valence-electron chi connectivity index (χ4n) is 1.69. The molecule has 1 aromatic heterocycles. The van der Waals surface area contributed by atoms with Crippen molar-refractivity contribution in [1.29, 1.82) is 0 Å². The second kappa shape index (κ2) is 5.14. The molecular formula is C13H15NOS. The normalized spacial score (nSPS) is 10.4. The minimum Gasteiger partial charge on any atom is -0.494 e. The van der Waals surface area contributed by atoms with Gasteiger partial charge in [-0.2, -0.15) is 11.3 Å². The molecule has 2 N–H and O–H groups in total. The molecule has 0 radical (unpaired) electrons. The van der Waals surface area contributed by atoms with E-state index in [1.54, 1.807) is 11.3 Å². The van der Waals surface area contributed by atoms with Gasteiger partial charge in [0.2, 0.25) is 0 Å². The Morgan fingerprint density at radius 1 is 1.31 bits per heavy atom. The third-order valence-electron chi connectivity index (χ3n) is 2.44. The molecule has 1 heterocycles. The molecule has 0 atom stereocenters. The van der Waals surface area contributed by atoms with Gasteiger partial charge in [-0.15, -0.1) is 0 Å². The molecule has 0 aliphatic heterocycles. The Kier molecular flexibility index (Phi) is 3.59. The molecule has 2 aromatic rings. The van der Waals surface area contributed by atoms with Gasteiger partial charge in [-0.25, -0.2) is 0 Å². The van der Waals surface area contributed by atoms with Crippen LogP contribution in [0.15, 0.2) is 35.0 Å². The van der Waals surface area contributed by atoms with Gasteiger partial charge >= 0.3 is 0 Å². The highest BCUT2D eigenvalue weighted by atomic mass is 32.1. The molecular weight excluding hydrogens is 218 g/mol. The summed E-state index contributed by atoms with van der Waals surface area (Å²) < 4.78 is 5.47. The van der Waals surface area contributed by atoms with Crippen LogP contribution in [0, 0.1) is 0 Å². The summed E-state index contributed by atoms with van der Waals surface area (Å²) in [6, 6.07) is 8.21. The van der Waals surface area contributed by atoms with Crippen molar-refractivity contribution in [2.45, 2.75) is 13.5 Å². The number of benzene rings is 1. The maximum absolute atomic E-state index is 5.77. The summed E-state index contributed by atoms with van der Waals surface area (Å²) in [5.74, 6) is 0.891. The first-order valence-electron chi connectivity index (χ1n) is 5.33. The Morgan fingerprint density at radius 3 is 2.81 bits per heavy atom. The van der Waals surface area contributed by atoms with Crippen LogP contribution in [0.4, 0.5) is 0 Å². The first-order chi connectivity index (χ1) is 7.85.